The lowest BCUT2D eigenvalue weighted by molar-refractivity contribution is -0.141. The summed E-state index contributed by atoms with van der Waals surface area (Å²) in [6, 6.07) is 0.260. The molecular weight excluding hydrogens is 238 g/mol. The minimum Gasteiger partial charge on any atom is -0.481 e. The fourth-order valence-corrected chi connectivity index (χ4v) is 3.93. The Balaban J connectivity index is 2.05. The maximum Gasteiger partial charge on any atom is 0.308 e. The molecule has 0 spiro atoms. The van der Waals surface area contributed by atoms with Gasteiger partial charge in [-0.15, -0.1) is 0 Å². The molecule has 1 aliphatic carbocycles. The molecule has 96 valence electrons. The molecule has 0 radical (unpaired) electrons. The van der Waals surface area contributed by atoms with E-state index in [9.17, 15) is 9.59 Å². The highest BCUT2D eigenvalue weighted by Crippen LogP contribution is 2.34. The number of carboxylic acids is 1. The standard InChI is InChI=1S/C12H19NO3S/c1-17-10-5-3-2-4-9(10)13-7-8(12(15)16)6-11(13)14/h8-10H,2-7H2,1H3,(H,15,16). The molecule has 0 aromatic heterocycles. The number of rotatable bonds is 3. The molecule has 0 bridgehead atoms. The van der Waals surface area contributed by atoms with Crippen molar-refractivity contribution >= 4 is 23.6 Å². The summed E-state index contributed by atoms with van der Waals surface area (Å²) >= 11 is 1.81. The predicted octanol–water partition coefficient (Wildman–Crippen LogP) is 1.59. The summed E-state index contributed by atoms with van der Waals surface area (Å²) in [4.78, 5) is 24.7. The number of nitrogens with zero attached hydrogens (tertiary/aromatic N) is 1. The molecule has 2 rings (SSSR count). The van der Waals surface area contributed by atoms with Crippen LogP contribution in [0.15, 0.2) is 0 Å². The van der Waals surface area contributed by atoms with Gasteiger partial charge in [-0.3, -0.25) is 9.59 Å². The lowest BCUT2D eigenvalue weighted by Gasteiger charge is -2.37. The summed E-state index contributed by atoms with van der Waals surface area (Å²) < 4.78 is 0. The fourth-order valence-electron chi connectivity index (χ4n) is 2.93. The largest absolute Gasteiger partial charge is 0.481 e. The van der Waals surface area contributed by atoms with Crippen molar-refractivity contribution in [3.8, 4) is 0 Å². The number of carbonyl (C=O) groups excluding carboxylic acids is 1. The van der Waals surface area contributed by atoms with Crippen LogP contribution in [-0.4, -0.2) is 46.0 Å². The highest BCUT2D eigenvalue weighted by Gasteiger charge is 2.40. The second kappa shape index (κ2) is 5.29. The summed E-state index contributed by atoms with van der Waals surface area (Å²) in [5.41, 5.74) is 0. The highest BCUT2D eigenvalue weighted by atomic mass is 32.2. The van der Waals surface area contributed by atoms with Crippen LogP contribution in [0.25, 0.3) is 0 Å². The Labute approximate surface area is 106 Å². The third-order valence-electron chi connectivity index (χ3n) is 3.88. The lowest BCUT2D eigenvalue weighted by Crippen LogP contribution is -2.45. The van der Waals surface area contributed by atoms with Gasteiger partial charge in [0.05, 0.1) is 5.92 Å². The Morgan fingerprint density at radius 3 is 2.71 bits per heavy atom. The monoisotopic (exact) mass is 257 g/mol. The van der Waals surface area contributed by atoms with Crippen LogP contribution in [0.4, 0.5) is 0 Å². The van der Waals surface area contributed by atoms with Crippen molar-refractivity contribution in [2.75, 3.05) is 12.8 Å². The van der Waals surface area contributed by atoms with E-state index in [4.69, 9.17) is 5.11 Å². The number of likely N-dealkylation sites (tertiary alicyclic amines) is 1. The van der Waals surface area contributed by atoms with Crippen molar-refractivity contribution in [3.63, 3.8) is 0 Å². The molecular formula is C12H19NO3S. The van der Waals surface area contributed by atoms with Gasteiger partial charge in [0.2, 0.25) is 5.91 Å². The van der Waals surface area contributed by atoms with E-state index in [1.807, 2.05) is 16.7 Å². The third-order valence-corrected chi connectivity index (χ3v) is 5.03. The van der Waals surface area contributed by atoms with Crippen molar-refractivity contribution in [1.29, 1.82) is 0 Å². The van der Waals surface area contributed by atoms with E-state index in [1.165, 1.54) is 6.42 Å². The van der Waals surface area contributed by atoms with Gasteiger partial charge in [0, 0.05) is 24.3 Å². The minimum absolute atomic E-state index is 0.0309. The Kier molecular flexibility index (Phi) is 3.97. The van der Waals surface area contributed by atoms with Crippen LogP contribution in [0.5, 0.6) is 0 Å². The molecule has 17 heavy (non-hydrogen) atoms. The van der Waals surface area contributed by atoms with Crippen LogP contribution in [0.1, 0.15) is 32.1 Å². The third kappa shape index (κ3) is 2.59. The highest BCUT2D eigenvalue weighted by molar-refractivity contribution is 7.99. The maximum absolute atomic E-state index is 11.9. The lowest BCUT2D eigenvalue weighted by atomic mass is 9.93. The Bertz CT molecular complexity index is 321. The molecule has 5 heteroatoms. The zero-order chi connectivity index (χ0) is 12.4. The van der Waals surface area contributed by atoms with E-state index in [0.29, 0.717) is 11.8 Å². The van der Waals surface area contributed by atoms with E-state index in [1.54, 1.807) is 0 Å². The Morgan fingerprint density at radius 1 is 1.41 bits per heavy atom. The van der Waals surface area contributed by atoms with E-state index in [-0.39, 0.29) is 18.4 Å². The molecule has 0 aromatic carbocycles. The van der Waals surface area contributed by atoms with E-state index in [0.717, 1.165) is 19.3 Å². The first-order valence-corrected chi connectivity index (χ1v) is 7.47. The molecule has 1 aliphatic heterocycles. The summed E-state index contributed by atoms with van der Waals surface area (Å²) in [6.45, 7) is 0.413. The molecule has 1 heterocycles. The van der Waals surface area contributed by atoms with Gasteiger partial charge in [0.1, 0.15) is 0 Å². The summed E-state index contributed by atoms with van der Waals surface area (Å²) in [6.07, 6.45) is 6.83. The van der Waals surface area contributed by atoms with Crippen molar-refractivity contribution in [2.45, 2.75) is 43.4 Å². The number of amides is 1. The van der Waals surface area contributed by atoms with Gasteiger partial charge in [-0.1, -0.05) is 12.8 Å². The topological polar surface area (TPSA) is 57.6 Å². The molecule has 2 fully saturated rings. The molecule has 0 aromatic rings. The predicted molar refractivity (Wildman–Crippen MR) is 67.0 cm³/mol. The van der Waals surface area contributed by atoms with Gasteiger partial charge in [-0.25, -0.2) is 0 Å². The minimum atomic E-state index is -0.836. The number of thioether (sulfide) groups is 1. The molecule has 4 nitrogen and oxygen atoms in total. The van der Waals surface area contributed by atoms with Crippen LogP contribution in [0.2, 0.25) is 0 Å². The van der Waals surface area contributed by atoms with Gasteiger partial charge in [0.15, 0.2) is 0 Å². The molecule has 1 amide bonds. The van der Waals surface area contributed by atoms with Gasteiger partial charge in [0.25, 0.3) is 0 Å². The van der Waals surface area contributed by atoms with Crippen LogP contribution in [-0.2, 0) is 9.59 Å². The van der Waals surface area contributed by atoms with Crippen LogP contribution >= 0.6 is 11.8 Å². The number of hydrogen-bond donors (Lipinski definition) is 1. The maximum atomic E-state index is 11.9. The number of aliphatic carboxylic acids is 1. The second-order valence-corrected chi connectivity index (χ2v) is 5.99. The van der Waals surface area contributed by atoms with Crippen LogP contribution in [0, 0.1) is 5.92 Å². The zero-order valence-electron chi connectivity index (χ0n) is 10.1. The van der Waals surface area contributed by atoms with E-state index in [2.05, 4.69) is 6.26 Å². The quantitative estimate of drug-likeness (QED) is 0.834. The summed E-state index contributed by atoms with van der Waals surface area (Å²) in [5, 5.41) is 9.47. The summed E-state index contributed by atoms with van der Waals surface area (Å²) in [7, 11) is 0. The molecule has 1 saturated heterocycles. The number of carboxylic acid groups (broad SMARTS) is 1. The average molecular weight is 257 g/mol. The van der Waals surface area contributed by atoms with E-state index >= 15 is 0 Å². The molecule has 3 unspecified atom stereocenters. The van der Waals surface area contributed by atoms with Crippen molar-refractivity contribution in [2.24, 2.45) is 5.92 Å². The smallest absolute Gasteiger partial charge is 0.308 e. The van der Waals surface area contributed by atoms with E-state index < -0.39 is 11.9 Å². The van der Waals surface area contributed by atoms with Gasteiger partial charge in [-0.2, -0.15) is 11.8 Å². The zero-order valence-corrected chi connectivity index (χ0v) is 10.9. The van der Waals surface area contributed by atoms with Crippen LogP contribution < -0.4 is 0 Å². The van der Waals surface area contributed by atoms with Gasteiger partial charge in [-0.05, 0) is 19.1 Å². The number of hydrogen-bond acceptors (Lipinski definition) is 3. The second-order valence-electron chi connectivity index (χ2n) is 4.91. The summed E-state index contributed by atoms with van der Waals surface area (Å²) in [5.74, 6) is -1.30. The Hall–Kier alpha value is -0.710. The molecule has 2 aliphatic rings. The SMILES string of the molecule is CSC1CCCCC1N1CC(C(=O)O)CC1=O. The first kappa shape index (κ1) is 12.7. The average Bonchev–Trinajstić information content (AvgIpc) is 2.71. The molecule has 3 atom stereocenters. The fraction of sp³-hybridized carbons (Fsp3) is 0.833. The van der Waals surface area contributed by atoms with Crippen LogP contribution in [0.3, 0.4) is 0 Å². The Morgan fingerprint density at radius 2 is 2.12 bits per heavy atom. The molecule has 1 N–H and O–H groups in total. The van der Waals surface area contributed by atoms with Gasteiger partial charge < -0.3 is 10.0 Å². The van der Waals surface area contributed by atoms with Crippen molar-refractivity contribution in [3.05, 3.63) is 0 Å². The number of carbonyl (C=O) groups is 2. The first-order valence-electron chi connectivity index (χ1n) is 6.18. The molecule has 1 saturated carbocycles. The first-order chi connectivity index (χ1) is 8.13. The van der Waals surface area contributed by atoms with Gasteiger partial charge >= 0.3 is 5.97 Å². The van der Waals surface area contributed by atoms with Crippen molar-refractivity contribution in [1.82, 2.24) is 4.90 Å². The normalized spacial score (nSPS) is 34.1. The van der Waals surface area contributed by atoms with Crippen molar-refractivity contribution < 1.29 is 14.7 Å².